The standard InChI is InChI=1S/C30H30Cl2N2O5/c1-3-18(2)25(34-21-10-8-19(9-11-21)30(37)33-13-12-29(35)36)17-38-28-16-23(31)22(15-24(28)32)27-14-20-6-4-5-7-26(20)39-27/h4-11,14-16,18,25,34H,3,12-13,17H2,1-2H3,(H,33,37)(H,35,36). The first-order chi connectivity index (χ1) is 18.7. The third-order valence-electron chi connectivity index (χ3n) is 6.59. The van der Waals surface area contributed by atoms with Crippen molar-refractivity contribution in [2.24, 2.45) is 5.92 Å². The van der Waals surface area contributed by atoms with Gasteiger partial charge in [0.15, 0.2) is 0 Å². The number of nitrogens with one attached hydrogen (secondary N) is 2. The van der Waals surface area contributed by atoms with Crippen LogP contribution in [0.15, 0.2) is 71.1 Å². The minimum Gasteiger partial charge on any atom is -0.490 e. The molecule has 4 rings (SSSR count). The number of ether oxygens (including phenoxy) is 1. The van der Waals surface area contributed by atoms with E-state index in [1.807, 2.05) is 42.5 Å². The lowest BCUT2D eigenvalue weighted by Crippen LogP contribution is -2.33. The average Bonchev–Trinajstić information content (AvgIpc) is 3.36. The molecule has 7 nitrogen and oxygen atoms in total. The molecule has 1 aromatic heterocycles. The highest BCUT2D eigenvalue weighted by molar-refractivity contribution is 6.36. The molecule has 0 fully saturated rings. The lowest BCUT2D eigenvalue weighted by molar-refractivity contribution is -0.136. The molecule has 0 aliphatic heterocycles. The summed E-state index contributed by atoms with van der Waals surface area (Å²) in [6.45, 7) is 4.65. The van der Waals surface area contributed by atoms with E-state index in [4.69, 9.17) is 37.5 Å². The van der Waals surface area contributed by atoms with Gasteiger partial charge in [-0.25, -0.2) is 0 Å². The normalized spacial score (nSPS) is 12.6. The molecular formula is C30H30Cl2N2O5. The average molecular weight is 569 g/mol. The SMILES string of the molecule is CCC(C)C(COc1cc(Cl)c(-c2cc3ccccc3o2)cc1Cl)Nc1ccc(C(=O)NCCC(=O)O)cc1. The summed E-state index contributed by atoms with van der Waals surface area (Å²) in [6, 6.07) is 20.1. The fourth-order valence-corrected chi connectivity index (χ4v) is 4.54. The second-order valence-corrected chi connectivity index (χ2v) is 10.1. The number of amides is 1. The summed E-state index contributed by atoms with van der Waals surface area (Å²) in [7, 11) is 0. The Balaban J connectivity index is 1.42. The van der Waals surface area contributed by atoms with Crippen LogP contribution in [-0.4, -0.2) is 36.2 Å². The molecule has 0 saturated heterocycles. The van der Waals surface area contributed by atoms with Crippen LogP contribution in [0.4, 0.5) is 5.69 Å². The van der Waals surface area contributed by atoms with Crippen molar-refractivity contribution >= 4 is 51.7 Å². The van der Waals surface area contributed by atoms with E-state index in [2.05, 4.69) is 24.5 Å². The van der Waals surface area contributed by atoms with Crippen LogP contribution in [0.1, 0.15) is 37.0 Å². The maximum atomic E-state index is 12.2. The smallest absolute Gasteiger partial charge is 0.305 e. The van der Waals surface area contributed by atoms with Crippen molar-refractivity contribution in [3.8, 4) is 17.1 Å². The van der Waals surface area contributed by atoms with E-state index in [1.165, 1.54) is 0 Å². The molecule has 9 heteroatoms. The van der Waals surface area contributed by atoms with Gasteiger partial charge in [-0.15, -0.1) is 0 Å². The number of carboxylic acid groups (broad SMARTS) is 1. The number of furan rings is 1. The van der Waals surface area contributed by atoms with E-state index in [9.17, 15) is 9.59 Å². The van der Waals surface area contributed by atoms with E-state index < -0.39 is 5.97 Å². The van der Waals surface area contributed by atoms with E-state index in [0.717, 1.165) is 23.1 Å². The van der Waals surface area contributed by atoms with Crippen molar-refractivity contribution in [2.45, 2.75) is 32.7 Å². The van der Waals surface area contributed by atoms with Crippen molar-refractivity contribution in [2.75, 3.05) is 18.5 Å². The fraction of sp³-hybridized carbons (Fsp3) is 0.267. The summed E-state index contributed by atoms with van der Waals surface area (Å²) in [4.78, 5) is 22.9. The van der Waals surface area contributed by atoms with Crippen LogP contribution >= 0.6 is 23.2 Å². The van der Waals surface area contributed by atoms with E-state index >= 15 is 0 Å². The predicted octanol–water partition coefficient (Wildman–Crippen LogP) is 7.52. The van der Waals surface area contributed by atoms with E-state index in [-0.39, 0.29) is 30.8 Å². The van der Waals surface area contributed by atoms with Gasteiger partial charge in [0.1, 0.15) is 23.7 Å². The van der Waals surface area contributed by atoms with Gasteiger partial charge in [-0.2, -0.15) is 0 Å². The van der Waals surface area contributed by atoms with Crippen LogP contribution < -0.4 is 15.4 Å². The molecule has 0 aliphatic carbocycles. The number of hydrogen-bond donors (Lipinski definition) is 3. The molecule has 39 heavy (non-hydrogen) atoms. The number of hydrogen-bond acceptors (Lipinski definition) is 5. The number of anilines is 1. The minimum atomic E-state index is -0.959. The van der Waals surface area contributed by atoms with Crippen LogP contribution in [0, 0.1) is 5.92 Å². The molecule has 1 amide bonds. The number of carboxylic acids is 1. The van der Waals surface area contributed by atoms with Gasteiger partial charge < -0.3 is 24.9 Å². The monoisotopic (exact) mass is 568 g/mol. The van der Waals surface area contributed by atoms with Gasteiger partial charge in [-0.05, 0) is 48.4 Å². The van der Waals surface area contributed by atoms with Crippen molar-refractivity contribution in [3.63, 3.8) is 0 Å². The number of benzene rings is 3. The Morgan fingerprint density at radius 3 is 2.46 bits per heavy atom. The molecule has 0 radical (unpaired) electrons. The molecule has 1 heterocycles. The Morgan fingerprint density at radius 1 is 1.03 bits per heavy atom. The number of aliphatic carboxylic acids is 1. The molecule has 2 unspecified atom stereocenters. The Kier molecular flexibility index (Phi) is 9.38. The summed E-state index contributed by atoms with van der Waals surface area (Å²) in [6.07, 6.45) is 0.796. The zero-order chi connectivity index (χ0) is 27.9. The predicted molar refractivity (Wildman–Crippen MR) is 155 cm³/mol. The summed E-state index contributed by atoms with van der Waals surface area (Å²) in [5, 5.41) is 16.7. The number of fused-ring (bicyclic) bond motifs is 1. The first-order valence-corrected chi connectivity index (χ1v) is 13.5. The molecule has 0 spiro atoms. The Morgan fingerprint density at radius 2 is 1.77 bits per heavy atom. The zero-order valence-corrected chi connectivity index (χ0v) is 23.2. The third kappa shape index (κ3) is 7.25. The van der Waals surface area contributed by atoms with E-state index in [0.29, 0.717) is 39.3 Å². The van der Waals surface area contributed by atoms with Crippen LogP contribution in [0.5, 0.6) is 5.75 Å². The van der Waals surface area contributed by atoms with Crippen molar-refractivity contribution in [1.29, 1.82) is 0 Å². The van der Waals surface area contributed by atoms with Crippen LogP contribution in [-0.2, 0) is 4.79 Å². The molecular weight excluding hydrogens is 539 g/mol. The maximum Gasteiger partial charge on any atom is 0.305 e. The van der Waals surface area contributed by atoms with Crippen molar-refractivity contribution < 1.29 is 23.8 Å². The number of rotatable bonds is 12. The molecule has 2 atom stereocenters. The Bertz CT molecular complexity index is 1420. The van der Waals surface area contributed by atoms with Gasteiger partial charge in [0, 0.05) is 34.8 Å². The number of carbonyl (C=O) groups excluding carboxylic acids is 1. The first kappa shape index (κ1) is 28.3. The summed E-state index contributed by atoms with van der Waals surface area (Å²) in [5.74, 6) is 0.104. The van der Waals surface area contributed by atoms with Crippen molar-refractivity contribution in [1.82, 2.24) is 5.32 Å². The molecule has 4 aromatic rings. The lowest BCUT2D eigenvalue weighted by atomic mass is 9.99. The van der Waals surface area contributed by atoms with Crippen molar-refractivity contribution in [3.05, 3.63) is 82.3 Å². The zero-order valence-electron chi connectivity index (χ0n) is 21.7. The molecule has 0 saturated carbocycles. The summed E-state index contributed by atoms with van der Waals surface area (Å²) < 4.78 is 12.1. The molecule has 3 N–H and O–H groups in total. The largest absolute Gasteiger partial charge is 0.490 e. The molecule has 0 bridgehead atoms. The first-order valence-electron chi connectivity index (χ1n) is 12.7. The second-order valence-electron chi connectivity index (χ2n) is 9.34. The van der Waals surface area contributed by atoms with Crippen LogP contribution in [0.2, 0.25) is 10.0 Å². The molecule has 3 aromatic carbocycles. The van der Waals surface area contributed by atoms with Gasteiger partial charge >= 0.3 is 5.97 Å². The van der Waals surface area contributed by atoms with Crippen LogP contribution in [0.25, 0.3) is 22.3 Å². The molecule has 0 aliphatic rings. The number of para-hydroxylation sites is 1. The lowest BCUT2D eigenvalue weighted by Gasteiger charge is -2.26. The van der Waals surface area contributed by atoms with Gasteiger partial charge in [-0.1, -0.05) is 61.7 Å². The van der Waals surface area contributed by atoms with Gasteiger partial charge in [0.25, 0.3) is 5.91 Å². The van der Waals surface area contributed by atoms with Crippen LogP contribution in [0.3, 0.4) is 0 Å². The summed E-state index contributed by atoms with van der Waals surface area (Å²) in [5.41, 5.74) is 2.74. The Labute approximate surface area is 237 Å². The second kappa shape index (κ2) is 12.9. The minimum absolute atomic E-state index is 0.0462. The Hall–Kier alpha value is -3.68. The highest BCUT2D eigenvalue weighted by Gasteiger charge is 2.19. The van der Waals surface area contributed by atoms with Gasteiger partial charge in [0.2, 0.25) is 0 Å². The number of halogens is 2. The highest BCUT2D eigenvalue weighted by atomic mass is 35.5. The molecule has 204 valence electrons. The van der Waals surface area contributed by atoms with Gasteiger partial charge in [0.05, 0.1) is 22.5 Å². The topological polar surface area (TPSA) is 101 Å². The van der Waals surface area contributed by atoms with E-state index in [1.54, 1.807) is 24.3 Å². The highest BCUT2D eigenvalue weighted by Crippen LogP contribution is 2.39. The maximum absolute atomic E-state index is 12.2. The summed E-state index contributed by atoms with van der Waals surface area (Å²) >= 11 is 13.2. The van der Waals surface area contributed by atoms with Gasteiger partial charge in [-0.3, -0.25) is 9.59 Å². The fourth-order valence-electron chi connectivity index (χ4n) is 4.07. The third-order valence-corrected chi connectivity index (χ3v) is 7.19. The quantitative estimate of drug-likeness (QED) is 0.163. The number of carbonyl (C=O) groups is 2.